The van der Waals surface area contributed by atoms with Crippen molar-refractivity contribution in [2.45, 2.75) is 52.4 Å². The van der Waals surface area contributed by atoms with Crippen LogP contribution in [0.4, 0.5) is 5.69 Å². The van der Waals surface area contributed by atoms with Gasteiger partial charge in [-0.1, -0.05) is 6.07 Å². The van der Waals surface area contributed by atoms with Gasteiger partial charge in [-0.3, -0.25) is 14.6 Å². The van der Waals surface area contributed by atoms with E-state index in [2.05, 4.69) is 22.0 Å². The monoisotopic (exact) mass is 606 g/mol. The number of rotatable bonds is 8. The molecule has 2 heterocycles. The van der Waals surface area contributed by atoms with Crippen LogP contribution in [0.2, 0.25) is 0 Å². The summed E-state index contributed by atoms with van der Waals surface area (Å²) in [5.74, 6) is 3.62. The van der Waals surface area contributed by atoms with E-state index in [0.29, 0.717) is 30.7 Å². The van der Waals surface area contributed by atoms with E-state index in [1.807, 2.05) is 73.3 Å². The van der Waals surface area contributed by atoms with Gasteiger partial charge >= 0.3 is 0 Å². The lowest BCUT2D eigenvalue weighted by Gasteiger charge is -2.57. The molecule has 7 nitrogen and oxygen atoms in total. The summed E-state index contributed by atoms with van der Waals surface area (Å²) in [7, 11) is 2.00. The molecule has 236 valence electrons. The Kier molecular flexibility index (Phi) is 8.05. The van der Waals surface area contributed by atoms with Crippen LogP contribution >= 0.6 is 0 Å². The van der Waals surface area contributed by atoms with E-state index in [1.165, 1.54) is 38.5 Å². The van der Waals surface area contributed by atoms with Gasteiger partial charge in [-0.25, -0.2) is 0 Å². The zero-order valence-corrected chi connectivity index (χ0v) is 27.0. The molecule has 0 spiro atoms. The molecule has 0 radical (unpaired) electrons. The zero-order chi connectivity index (χ0) is 31.1. The van der Waals surface area contributed by atoms with Gasteiger partial charge < -0.3 is 19.4 Å². The third-order valence-corrected chi connectivity index (χ3v) is 10.9. The average molecular weight is 607 g/mol. The second-order valence-electron chi connectivity index (χ2n) is 14.3. The molecule has 0 N–H and O–H groups in total. The highest BCUT2D eigenvalue weighted by Crippen LogP contribution is 2.60. The first-order chi connectivity index (χ1) is 21.8. The fraction of sp³-hybridized carbons (Fsp3) is 0.500. The van der Waals surface area contributed by atoms with Gasteiger partial charge in [-0.05, 0) is 129 Å². The molecule has 5 aliphatic rings. The number of benzene rings is 2. The number of hydrogen-bond acceptors (Lipinski definition) is 5. The molecule has 7 heteroatoms. The molecule has 45 heavy (non-hydrogen) atoms. The van der Waals surface area contributed by atoms with E-state index in [4.69, 9.17) is 4.74 Å². The minimum Gasteiger partial charge on any atom is -0.492 e. The quantitative estimate of drug-likeness (QED) is 0.285. The number of aromatic nitrogens is 1. The Bertz CT molecular complexity index is 1520. The zero-order valence-electron chi connectivity index (χ0n) is 27.0. The van der Waals surface area contributed by atoms with Gasteiger partial charge in [0.25, 0.3) is 11.8 Å². The van der Waals surface area contributed by atoms with Crippen LogP contribution in [0, 0.1) is 30.1 Å². The van der Waals surface area contributed by atoms with E-state index < -0.39 is 0 Å². The molecule has 4 bridgehead atoms. The van der Waals surface area contributed by atoms with E-state index >= 15 is 0 Å². The first kappa shape index (κ1) is 29.8. The number of carbonyl (C=O) groups is 2. The van der Waals surface area contributed by atoms with Crippen LogP contribution in [0.3, 0.4) is 0 Å². The van der Waals surface area contributed by atoms with E-state index in [9.17, 15) is 9.59 Å². The van der Waals surface area contributed by atoms with Crippen molar-refractivity contribution in [3.8, 4) is 16.9 Å². The lowest BCUT2D eigenvalue weighted by Crippen LogP contribution is -2.51. The summed E-state index contributed by atoms with van der Waals surface area (Å²) >= 11 is 0. The normalized spacial score (nSPS) is 25.4. The molecular formula is C38H46N4O3. The molecule has 1 aliphatic heterocycles. The summed E-state index contributed by atoms with van der Waals surface area (Å²) in [6, 6.07) is 16.0. The van der Waals surface area contributed by atoms with Gasteiger partial charge in [0.05, 0.1) is 12.8 Å². The van der Waals surface area contributed by atoms with Crippen LogP contribution in [0.25, 0.3) is 11.1 Å². The third-order valence-electron chi connectivity index (χ3n) is 10.9. The Balaban J connectivity index is 0.937. The van der Waals surface area contributed by atoms with Crippen LogP contribution in [-0.4, -0.2) is 73.0 Å². The first-order valence-electron chi connectivity index (χ1n) is 16.9. The summed E-state index contributed by atoms with van der Waals surface area (Å²) in [5.41, 5.74) is 5.99. The SMILES string of the molecule is CCOc1cncc(-c2ccc(C(=O)N3CCN(c4ccc(C(=O)N(C)CC56CC7CC(CC(C7)C5)C6)cc4)CC3)cc2C)c1. The van der Waals surface area contributed by atoms with Crippen LogP contribution in [-0.2, 0) is 0 Å². The van der Waals surface area contributed by atoms with Crippen molar-refractivity contribution in [1.82, 2.24) is 14.8 Å². The fourth-order valence-corrected chi connectivity index (χ4v) is 9.38. The molecule has 1 aromatic heterocycles. The highest BCUT2D eigenvalue weighted by Gasteiger charge is 2.51. The highest BCUT2D eigenvalue weighted by atomic mass is 16.5. The van der Waals surface area contributed by atoms with Crippen LogP contribution < -0.4 is 9.64 Å². The van der Waals surface area contributed by atoms with Gasteiger partial charge in [0.15, 0.2) is 0 Å². The predicted molar refractivity (Wildman–Crippen MR) is 178 cm³/mol. The summed E-state index contributed by atoms with van der Waals surface area (Å²) < 4.78 is 5.61. The van der Waals surface area contributed by atoms with Gasteiger partial charge in [-0.15, -0.1) is 0 Å². The van der Waals surface area contributed by atoms with E-state index in [1.54, 1.807) is 6.20 Å². The maximum atomic E-state index is 13.4. The summed E-state index contributed by atoms with van der Waals surface area (Å²) in [4.78, 5) is 37.4. The maximum Gasteiger partial charge on any atom is 0.253 e. The van der Waals surface area contributed by atoms with Crippen molar-refractivity contribution in [2.75, 3.05) is 51.3 Å². The molecule has 1 saturated heterocycles. The van der Waals surface area contributed by atoms with Gasteiger partial charge in [0.1, 0.15) is 5.75 Å². The molecule has 4 aliphatic carbocycles. The van der Waals surface area contributed by atoms with Gasteiger partial charge in [0, 0.05) is 68.3 Å². The average Bonchev–Trinajstić information content (AvgIpc) is 3.03. The van der Waals surface area contributed by atoms with E-state index in [-0.39, 0.29) is 11.8 Å². The number of carbonyl (C=O) groups excluding carboxylic acids is 2. The molecule has 5 fully saturated rings. The van der Waals surface area contributed by atoms with Crippen molar-refractivity contribution in [3.05, 3.63) is 77.6 Å². The molecule has 2 aromatic carbocycles. The minimum atomic E-state index is 0.0634. The molecule has 4 saturated carbocycles. The standard InChI is InChI=1S/C38H46N4O3/c1-4-45-34-19-32(23-39-24-34)35-10-7-31(15-26(35)2)37(44)42-13-11-41(12-14-42)33-8-5-30(6-9-33)36(43)40(3)25-38-20-27-16-28(21-38)18-29(17-27)22-38/h5-10,15,19,23-24,27-29H,4,11-14,16-18,20-22,25H2,1-3H3. The third kappa shape index (κ3) is 6.06. The van der Waals surface area contributed by atoms with Gasteiger partial charge in [-0.2, -0.15) is 0 Å². The predicted octanol–water partition coefficient (Wildman–Crippen LogP) is 6.71. The molecular weight excluding hydrogens is 560 g/mol. The van der Waals surface area contributed by atoms with Crippen LogP contribution in [0.15, 0.2) is 60.9 Å². The number of anilines is 1. The van der Waals surface area contributed by atoms with Crippen LogP contribution in [0.1, 0.15) is 71.7 Å². The lowest BCUT2D eigenvalue weighted by molar-refractivity contribution is -0.0629. The second kappa shape index (κ2) is 12.1. The van der Waals surface area contributed by atoms with Crippen molar-refractivity contribution in [3.63, 3.8) is 0 Å². The molecule has 2 amide bonds. The topological polar surface area (TPSA) is 66.0 Å². The smallest absolute Gasteiger partial charge is 0.253 e. The molecule has 8 rings (SSSR count). The maximum absolute atomic E-state index is 13.4. The van der Waals surface area contributed by atoms with Crippen LogP contribution in [0.5, 0.6) is 5.75 Å². The molecule has 0 unspecified atom stereocenters. The fourth-order valence-electron chi connectivity index (χ4n) is 9.38. The Morgan fingerprint density at radius 1 is 0.889 bits per heavy atom. The minimum absolute atomic E-state index is 0.0634. The number of amides is 2. The molecule has 0 atom stereocenters. The van der Waals surface area contributed by atoms with Crippen molar-refractivity contribution in [2.24, 2.45) is 23.2 Å². The number of pyridine rings is 1. The Morgan fingerprint density at radius 2 is 1.53 bits per heavy atom. The Labute approximate surface area is 267 Å². The first-order valence-corrected chi connectivity index (χ1v) is 16.9. The number of nitrogens with zero attached hydrogens (tertiary/aromatic N) is 4. The summed E-state index contributed by atoms with van der Waals surface area (Å²) in [6.45, 7) is 8.33. The second-order valence-corrected chi connectivity index (χ2v) is 14.3. The number of ether oxygens (including phenoxy) is 1. The largest absolute Gasteiger partial charge is 0.492 e. The van der Waals surface area contributed by atoms with E-state index in [0.717, 1.165) is 71.1 Å². The lowest BCUT2D eigenvalue weighted by atomic mass is 9.49. The molecule has 3 aromatic rings. The number of hydrogen-bond donors (Lipinski definition) is 0. The summed E-state index contributed by atoms with van der Waals surface area (Å²) in [6.07, 6.45) is 11.8. The Morgan fingerprint density at radius 3 is 2.16 bits per heavy atom. The van der Waals surface area contributed by atoms with Crippen molar-refractivity contribution >= 4 is 17.5 Å². The van der Waals surface area contributed by atoms with Crippen molar-refractivity contribution < 1.29 is 14.3 Å². The summed E-state index contributed by atoms with van der Waals surface area (Å²) in [5, 5.41) is 0. The van der Waals surface area contributed by atoms with Crippen molar-refractivity contribution in [1.29, 1.82) is 0 Å². The number of piperazine rings is 1. The Hall–Kier alpha value is -3.87. The van der Waals surface area contributed by atoms with Gasteiger partial charge in [0.2, 0.25) is 0 Å². The number of aryl methyl sites for hydroxylation is 1. The highest BCUT2D eigenvalue weighted by molar-refractivity contribution is 5.96.